The van der Waals surface area contributed by atoms with E-state index in [1.165, 1.54) is 11.6 Å². The van der Waals surface area contributed by atoms with Crippen LogP contribution in [0.25, 0.3) is 10.9 Å². The summed E-state index contributed by atoms with van der Waals surface area (Å²) in [4.78, 5) is 12.0. The molecule has 1 saturated carbocycles. The van der Waals surface area contributed by atoms with E-state index in [4.69, 9.17) is 10.5 Å². The average Bonchev–Trinajstić information content (AvgIpc) is 3.27. The van der Waals surface area contributed by atoms with Gasteiger partial charge in [0.05, 0.1) is 30.9 Å². The van der Waals surface area contributed by atoms with Gasteiger partial charge < -0.3 is 15.0 Å². The zero-order chi connectivity index (χ0) is 27.4. The van der Waals surface area contributed by atoms with Crippen LogP contribution in [-0.2, 0) is 34.1 Å². The van der Waals surface area contributed by atoms with E-state index < -0.39 is 17.8 Å². The van der Waals surface area contributed by atoms with Crippen LogP contribution < -0.4 is 5.73 Å². The summed E-state index contributed by atoms with van der Waals surface area (Å²) in [6, 6.07) is 13.0. The molecule has 3 aromatic rings. The number of hydrogen-bond donors (Lipinski definition) is 1. The fourth-order valence-electron chi connectivity index (χ4n) is 6.72. The summed E-state index contributed by atoms with van der Waals surface area (Å²) in [5, 5.41) is 1.10. The normalized spacial score (nSPS) is 27.4. The number of nitrogens with two attached hydrogens (primary N) is 1. The number of hydrogen-bond acceptors (Lipinski definition) is 3. The minimum absolute atomic E-state index is 0.00400. The van der Waals surface area contributed by atoms with Gasteiger partial charge in [-0.25, -0.2) is 0 Å². The Hall–Kier alpha value is -2.64. The molecule has 2 aromatic carbocycles. The van der Waals surface area contributed by atoms with E-state index in [0.29, 0.717) is 17.5 Å². The lowest BCUT2D eigenvalue weighted by Crippen LogP contribution is -2.19. The predicted octanol–water partition coefficient (Wildman–Crippen LogP) is 6.83. The van der Waals surface area contributed by atoms with Crippen molar-refractivity contribution in [3.8, 4) is 0 Å². The van der Waals surface area contributed by atoms with Gasteiger partial charge in [0.15, 0.2) is 5.78 Å². The number of ketones is 1. The molecule has 7 heteroatoms. The van der Waals surface area contributed by atoms with Gasteiger partial charge >= 0.3 is 6.18 Å². The zero-order valence-electron chi connectivity index (χ0n) is 22.5. The predicted molar refractivity (Wildman–Crippen MR) is 143 cm³/mol. The van der Waals surface area contributed by atoms with Crippen LogP contribution in [0.4, 0.5) is 13.2 Å². The molecule has 1 aliphatic heterocycles. The summed E-state index contributed by atoms with van der Waals surface area (Å²) in [7, 11) is 0. The maximum Gasteiger partial charge on any atom is 0.416 e. The number of rotatable bonds is 7. The second kappa shape index (κ2) is 9.83. The molecule has 38 heavy (non-hydrogen) atoms. The fourth-order valence-corrected chi connectivity index (χ4v) is 6.72. The van der Waals surface area contributed by atoms with Crippen molar-refractivity contribution in [2.24, 2.45) is 23.5 Å². The lowest BCUT2D eigenvalue weighted by molar-refractivity contribution is -0.138. The van der Waals surface area contributed by atoms with E-state index in [1.807, 2.05) is 42.8 Å². The standard InChI is InChI=1S/C31H37F3N2O2/c1-18(2)14-21-8-9-22(15-26(21)31(32,33)34)28-19(3)10-12-30(20(4)29(30)38-28)25-6-5-7-27-24(25)11-13-36(27)17-23(37)16-35/h5-9,11,13,15,18-20,28-29H,10,12,14,16-17,35H2,1-4H3. The molecule has 4 nitrogen and oxygen atoms in total. The van der Waals surface area contributed by atoms with Crippen LogP contribution in [0.3, 0.4) is 0 Å². The molecule has 1 aromatic heterocycles. The molecule has 0 bridgehead atoms. The Morgan fingerprint density at radius 3 is 2.63 bits per heavy atom. The first-order valence-electron chi connectivity index (χ1n) is 13.6. The van der Waals surface area contributed by atoms with Crippen LogP contribution in [0.2, 0.25) is 0 Å². The Labute approximate surface area is 222 Å². The molecule has 2 aliphatic rings. The van der Waals surface area contributed by atoms with Gasteiger partial charge in [-0.1, -0.05) is 52.0 Å². The lowest BCUT2D eigenvalue weighted by atomic mass is 9.83. The third-order valence-corrected chi connectivity index (χ3v) is 8.77. The number of benzene rings is 2. The second-order valence-electron chi connectivity index (χ2n) is 11.8. The molecule has 1 aliphatic carbocycles. The summed E-state index contributed by atoms with van der Waals surface area (Å²) < 4.78 is 50.8. The number of carbonyl (C=O) groups excluding carboxylic acids is 1. The monoisotopic (exact) mass is 526 g/mol. The van der Waals surface area contributed by atoms with Crippen LogP contribution in [0, 0.1) is 17.8 Å². The maximum atomic E-state index is 14.0. The van der Waals surface area contributed by atoms with E-state index >= 15 is 0 Å². The number of carbonyl (C=O) groups is 1. The number of Topliss-reactive ketones (excluding diaryl/α,β-unsaturated/α-hetero) is 1. The van der Waals surface area contributed by atoms with Crippen LogP contribution in [-0.4, -0.2) is 23.0 Å². The molecule has 5 rings (SSSR count). The Balaban J connectivity index is 1.49. The molecule has 1 saturated heterocycles. The van der Waals surface area contributed by atoms with Crippen molar-refractivity contribution in [1.82, 2.24) is 4.57 Å². The van der Waals surface area contributed by atoms with Gasteiger partial charge in [0.25, 0.3) is 0 Å². The van der Waals surface area contributed by atoms with Crippen LogP contribution in [0.1, 0.15) is 68.9 Å². The molecule has 5 atom stereocenters. The largest absolute Gasteiger partial charge is 0.416 e. The molecule has 5 unspecified atom stereocenters. The van der Waals surface area contributed by atoms with E-state index in [0.717, 1.165) is 23.7 Å². The maximum absolute atomic E-state index is 14.0. The van der Waals surface area contributed by atoms with Gasteiger partial charge in [0.2, 0.25) is 0 Å². The molecule has 0 radical (unpaired) electrons. The van der Waals surface area contributed by atoms with Gasteiger partial charge in [-0.15, -0.1) is 0 Å². The van der Waals surface area contributed by atoms with Crippen LogP contribution >= 0.6 is 0 Å². The summed E-state index contributed by atoms with van der Waals surface area (Å²) >= 11 is 0. The Kier molecular flexibility index (Phi) is 6.97. The molecule has 2 heterocycles. The van der Waals surface area contributed by atoms with Gasteiger partial charge in [-0.3, -0.25) is 4.79 Å². The molecular weight excluding hydrogens is 489 g/mol. The number of halogens is 3. The number of nitrogens with zero attached hydrogens (tertiary/aromatic N) is 1. The molecule has 204 valence electrons. The van der Waals surface area contributed by atoms with Crippen molar-refractivity contribution in [3.05, 3.63) is 70.9 Å². The van der Waals surface area contributed by atoms with Gasteiger partial charge in [-0.2, -0.15) is 13.2 Å². The summed E-state index contributed by atoms with van der Waals surface area (Å²) in [5.41, 5.74) is 7.93. The molecular formula is C31H37F3N2O2. The fraction of sp³-hybridized carbons (Fsp3) is 0.516. The average molecular weight is 527 g/mol. The van der Waals surface area contributed by atoms with Crippen molar-refractivity contribution in [2.75, 3.05) is 6.54 Å². The highest BCUT2D eigenvalue weighted by molar-refractivity contribution is 5.88. The molecule has 2 fully saturated rings. The Morgan fingerprint density at radius 1 is 1.18 bits per heavy atom. The van der Waals surface area contributed by atoms with Crippen molar-refractivity contribution in [2.45, 2.75) is 77.3 Å². The lowest BCUT2D eigenvalue weighted by Gasteiger charge is -2.25. The Bertz CT molecular complexity index is 1340. The number of ether oxygens (including phenoxy) is 1. The van der Waals surface area contributed by atoms with Crippen molar-refractivity contribution < 1.29 is 22.7 Å². The third-order valence-electron chi connectivity index (χ3n) is 8.77. The first-order valence-corrected chi connectivity index (χ1v) is 13.6. The van der Waals surface area contributed by atoms with Crippen molar-refractivity contribution >= 4 is 16.7 Å². The topological polar surface area (TPSA) is 57.2 Å². The zero-order valence-corrected chi connectivity index (χ0v) is 22.5. The van der Waals surface area contributed by atoms with Crippen molar-refractivity contribution in [1.29, 1.82) is 0 Å². The number of fused-ring (bicyclic) bond motifs is 2. The highest BCUT2D eigenvalue weighted by Gasteiger charge is 2.66. The highest BCUT2D eigenvalue weighted by Crippen LogP contribution is 2.64. The SMILES string of the molecule is CC(C)Cc1ccc(C2OC3C(C)C3(c3cccc4c3ccn4CC(=O)CN)CCC2C)cc1C(F)(F)F. The minimum atomic E-state index is -4.40. The van der Waals surface area contributed by atoms with E-state index in [9.17, 15) is 18.0 Å². The third kappa shape index (κ3) is 4.58. The Morgan fingerprint density at radius 2 is 1.95 bits per heavy atom. The first kappa shape index (κ1) is 26.9. The number of aromatic nitrogens is 1. The number of alkyl halides is 3. The minimum Gasteiger partial charge on any atom is -0.369 e. The summed E-state index contributed by atoms with van der Waals surface area (Å²) in [5.74, 6) is 0.416. The van der Waals surface area contributed by atoms with Gasteiger partial charge in [0.1, 0.15) is 0 Å². The van der Waals surface area contributed by atoms with E-state index in [-0.39, 0.29) is 48.1 Å². The molecule has 0 spiro atoms. The smallest absolute Gasteiger partial charge is 0.369 e. The van der Waals surface area contributed by atoms with E-state index in [2.05, 4.69) is 26.0 Å². The molecule has 0 amide bonds. The quantitative estimate of drug-likeness (QED) is 0.367. The first-order chi connectivity index (χ1) is 18.0. The summed E-state index contributed by atoms with van der Waals surface area (Å²) in [6.07, 6.45) is -0.809. The highest BCUT2D eigenvalue weighted by atomic mass is 19.4. The van der Waals surface area contributed by atoms with Crippen molar-refractivity contribution in [3.63, 3.8) is 0 Å². The van der Waals surface area contributed by atoms with Crippen LogP contribution in [0.15, 0.2) is 48.7 Å². The van der Waals surface area contributed by atoms with Gasteiger partial charge in [-0.05, 0) is 71.9 Å². The van der Waals surface area contributed by atoms with Crippen LogP contribution in [0.5, 0.6) is 0 Å². The van der Waals surface area contributed by atoms with Gasteiger partial charge in [0, 0.05) is 22.5 Å². The second-order valence-corrected chi connectivity index (χ2v) is 11.8. The molecule has 2 N–H and O–H groups in total. The summed E-state index contributed by atoms with van der Waals surface area (Å²) in [6.45, 7) is 8.37. The van der Waals surface area contributed by atoms with E-state index in [1.54, 1.807) is 6.07 Å².